The van der Waals surface area contributed by atoms with E-state index in [9.17, 15) is 13.2 Å². The molecule has 3 aromatic heterocycles. The van der Waals surface area contributed by atoms with Gasteiger partial charge in [-0.25, -0.2) is 13.4 Å². The average molecular weight is 424 g/mol. The van der Waals surface area contributed by atoms with E-state index in [2.05, 4.69) is 9.88 Å². The minimum absolute atomic E-state index is 0.177. The Balaban J connectivity index is 1.41. The topological polar surface area (TPSA) is 114 Å². The Morgan fingerprint density at radius 2 is 1.89 bits per heavy atom. The molecule has 0 radical (unpaired) electrons. The van der Waals surface area contributed by atoms with Crippen molar-refractivity contribution in [1.82, 2.24) is 18.6 Å². The van der Waals surface area contributed by atoms with Gasteiger partial charge in [-0.1, -0.05) is 11.6 Å². The van der Waals surface area contributed by atoms with Crippen LogP contribution in [0.1, 0.15) is 16.2 Å². The van der Waals surface area contributed by atoms with Gasteiger partial charge in [0.15, 0.2) is 5.76 Å². The molecular weight excluding hydrogens is 406 g/mol. The molecule has 0 spiro atoms. The number of piperazine rings is 1. The fourth-order valence-corrected chi connectivity index (χ4v) is 4.67. The largest absolute Gasteiger partial charge is 0.438 e. The zero-order chi connectivity index (χ0) is 19.9. The van der Waals surface area contributed by atoms with Crippen LogP contribution in [0.4, 0.5) is 0 Å². The second-order valence-corrected chi connectivity index (χ2v) is 8.81. The Morgan fingerprint density at radius 1 is 1.14 bits per heavy atom. The van der Waals surface area contributed by atoms with E-state index >= 15 is 0 Å². The van der Waals surface area contributed by atoms with Crippen molar-refractivity contribution >= 4 is 33.2 Å². The predicted octanol–water partition coefficient (Wildman–Crippen LogP) is 1.19. The molecule has 148 valence electrons. The number of nitrogens with zero attached hydrogens (tertiary/aromatic N) is 4. The Bertz CT molecular complexity index is 1130. The summed E-state index contributed by atoms with van der Waals surface area (Å²) in [6.45, 7) is 2.34. The molecule has 4 rings (SSSR count). The third-order valence-corrected chi connectivity index (χ3v) is 6.60. The zero-order valence-electron chi connectivity index (χ0n) is 14.8. The molecule has 0 atom stereocenters. The van der Waals surface area contributed by atoms with Crippen molar-refractivity contribution in [2.24, 2.45) is 5.73 Å². The van der Waals surface area contributed by atoms with Crippen molar-refractivity contribution < 1.29 is 17.6 Å². The summed E-state index contributed by atoms with van der Waals surface area (Å²) in [5.74, 6) is -0.982. The van der Waals surface area contributed by atoms with E-state index in [0.717, 1.165) is 11.3 Å². The number of primary amides is 1. The fraction of sp³-hybridized carbons (Fsp3) is 0.294. The second-order valence-electron chi connectivity index (χ2n) is 6.51. The van der Waals surface area contributed by atoms with Gasteiger partial charge >= 0.3 is 0 Å². The predicted molar refractivity (Wildman–Crippen MR) is 101 cm³/mol. The molecule has 4 heterocycles. The minimum Gasteiger partial charge on any atom is -0.438 e. The van der Waals surface area contributed by atoms with Crippen LogP contribution in [0.25, 0.3) is 5.65 Å². The number of sulfonamides is 1. The third-order valence-electron chi connectivity index (χ3n) is 4.60. The number of aromatic nitrogens is 2. The summed E-state index contributed by atoms with van der Waals surface area (Å²) in [5, 5.41) is 0.361. The lowest BCUT2D eigenvalue weighted by Gasteiger charge is -2.32. The van der Waals surface area contributed by atoms with Crippen LogP contribution in [0.5, 0.6) is 0 Å². The van der Waals surface area contributed by atoms with Crippen molar-refractivity contribution in [1.29, 1.82) is 0 Å². The standard InChI is InChI=1S/C17H18ClN5O4S/c18-12-1-3-15-20-13(11-22(15)9-12)10-21-5-7-23(8-6-21)28(25,26)16-4-2-14(27-16)17(19)24/h1-4,9,11H,5-8,10H2,(H2,19,24). The number of hydrogen-bond acceptors (Lipinski definition) is 6. The van der Waals surface area contributed by atoms with Gasteiger partial charge in [0.2, 0.25) is 5.09 Å². The molecule has 0 saturated carbocycles. The Morgan fingerprint density at radius 3 is 2.57 bits per heavy atom. The van der Waals surface area contributed by atoms with Gasteiger partial charge in [-0.15, -0.1) is 0 Å². The number of amides is 1. The minimum atomic E-state index is -3.80. The molecule has 1 saturated heterocycles. The van der Waals surface area contributed by atoms with Crippen LogP contribution in [0, 0.1) is 0 Å². The first-order valence-electron chi connectivity index (χ1n) is 8.58. The summed E-state index contributed by atoms with van der Waals surface area (Å²) in [6.07, 6.45) is 3.71. The van der Waals surface area contributed by atoms with Gasteiger partial charge in [-0.2, -0.15) is 4.31 Å². The van der Waals surface area contributed by atoms with E-state index < -0.39 is 15.9 Å². The molecule has 0 unspecified atom stereocenters. The molecule has 1 amide bonds. The lowest BCUT2D eigenvalue weighted by molar-refractivity contribution is 0.0968. The quantitative estimate of drug-likeness (QED) is 0.659. The lowest BCUT2D eigenvalue weighted by Crippen LogP contribution is -2.48. The van der Waals surface area contributed by atoms with Gasteiger partial charge in [-0.3, -0.25) is 9.69 Å². The first-order valence-corrected chi connectivity index (χ1v) is 10.4. The molecule has 28 heavy (non-hydrogen) atoms. The highest BCUT2D eigenvalue weighted by Crippen LogP contribution is 2.21. The maximum absolute atomic E-state index is 12.7. The number of carbonyl (C=O) groups is 1. The first-order chi connectivity index (χ1) is 13.3. The van der Waals surface area contributed by atoms with Crippen LogP contribution in [-0.2, 0) is 16.6 Å². The Kier molecular flexibility index (Phi) is 4.88. The highest BCUT2D eigenvalue weighted by Gasteiger charge is 2.31. The fourth-order valence-electron chi connectivity index (χ4n) is 3.17. The van der Waals surface area contributed by atoms with E-state index in [1.54, 1.807) is 12.3 Å². The number of hydrogen-bond donors (Lipinski definition) is 1. The highest BCUT2D eigenvalue weighted by atomic mass is 35.5. The van der Waals surface area contributed by atoms with E-state index in [1.165, 1.54) is 16.4 Å². The normalized spacial score (nSPS) is 16.6. The smallest absolute Gasteiger partial charge is 0.284 e. The van der Waals surface area contributed by atoms with Crippen molar-refractivity contribution in [3.8, 4) is 0 Å². The van der Waals surface area contributed by atoms with Crippen LogP contribution in [0.3, 0.4) is 0 Å². The van der Waals surface area contributed by atoms with E-state index in [1.807, 2.05) is 16.7 Å². The van der Waals surface area contributed by atoms with Crippen molar-refractivity contribution in [3.05, 3.63) is 53.1 Å². The first kappa shape index (κ1) is 18.9. The van der Waals surface area contributed by atoms with E-state index in [4.69, 9.17) is 21.8 Å². The SMILES string of the molecule is NC(=O)c1ccc(S(=O)(=O)N2CCN(Cc3cn4cc(Cl)ccc4n3)CC2)o1. The van der Waals surface area contributed by atoms with E-state index in [0.29, 0.717) is 37.7 Å². The summed E-state index contributed by atoms with van der Waals surface area (Å²) < 4.78 is 33.6. The molecule has 11 heteroatoms. The summed E-state index contributed by atoms with van der Waals surface area (Å²) >= 11 is 5.99. The number of furan rings is 1. The van der Waals surface area contributed by atoms with Gasteiger partial charge in [0.1, 0.15) is 5.65 Å². The monoisotopic (exact) mass is 423 g/mol. The number of halogens is 1. The number of pyridine rings is 1. The summed E-state index contributed by atoms with van der Waals surface area (Å²) in [5.41, 5.74) is 6.81. The van der Waals surface area contributed by atoms with Crippen LogP contribution < -0.4 is 5.73 Å². The van der Waals surface area contributed by atoms with Gasteiger partial charge in [-0.05, 0) is 24.3 Å². The Labute approximate surface area is 166 Å². The Hall–Kier alpha value is -2.40. The van der Waals surface area contributed by atoms with Gasteiger partial charge < -0.3 is 14.6 Å². The van der Waals surface area contributed by atoms with Crippen molar-refractivity contribution in [2.45, 2.75) is 11.6 Å². The summed E-state index contributed by atoms with van der Waals surface area (Å²) in [7, 11) is -3.80. The molecule has 0 aliphatic carbocycles. The van der Waals surface area contributed by atoms with Crippen LogP contribution in [-0.4, -0.2) is 59.1 Å². The van der Waals surface area contributed by atoms with Crippen molar-refractivity contribution in [2.75, 3.05) is 26.2 Å². The summed E-state index contributed by atoms with van der Waals surface area (Å²) in [6, 6.07) is 6.15. The molecular formula is C17H18ClN5O4S. The molecule has 1 aliphatic rings. The maximum Gasteiger partial charge on any atom is 0.284 e. The average Bonchev–Trinajstić information content (AvgIpc) is 3.29. The van der Waals surface area contributed by atoms with Gasteiger partial charge in [0.05, 0.1) is 10.7 Å². The van der Waals surface area contributed by atoms with Crippen LogP contribution in [0.2, 0.25) is 5.02 Å². The third kappa shape index (κ3) is 3.63. The molecule has 2 N–H and O–H groups in total. The number of fused-ring (bicyclic) bond motifs is 1. The molecule has 9 nitrogen and oxygen atoms in total. The lowest BCUT2D eigenvalue weighted by atomic mass is 10.3. The molecule has 3 aromatic rings. The molecule has 0 aromatic carbocycles. The second kappa shape index (κ2) is 7.21. The number of carbonyl (C=O) groups excluding carboxylic acids is 1. The molecule has 1 aliphatic heterocycles. The zero-order valence-corrected chi connectivity index (χ0v) is 16.4. The van der Waals surface area contributed by atoms with Gasteiger partial charge in [0, 0.05) is 45.1 Å². The number of imidazole rings is 1. The van der Waals surface area contributed by atoms with Crippen molar-refractivity contribution in [3.63, 3.8) is 0 Å². The van der Waals surface area contributed by atoms with E-state index in [-0.39, 0.29) is 10.9 Å². The molecule has 1 fully saturated rings. The number of nitrogens with two attached hydrogens (primary N) is 1. The highest BCUT2D eigenvalue weighted by molar-refractivity contribution is 7.89. The number of rotatable bonds is 5. The maximum atomic E-state index is 12.7. The van der Waals surface area contributed by atoms with Crippen LogP contribution in [0.15, 0.2) is 46.2 Å². The summed E-state index contributed by atoms with van der Waals surface area (Å²) in [4.78, 5) is 17.8. The molecule has 0 bridgehead atoms. The van der Waals surface area contributed by atoms with Crippen LogP contribution >= 0.6 is 11.6 Å². The van der Waals surface area contributed by atoms with Gasteiger partial charge in [0.25, 0.3) is 15.9 Å².